The molecule has 4 heterocycles. The summed E-state index contributed by atoms with van der Waals surface area (Å²) >= 11 is 0. The topological polar surface area (TPSA) is 104 Å². The van der Waals surface area contributed by atoms with Crippen molar-refractivity contribution in [2.24, 2.45) is 0 Å². The van der Waals surface area contributed by atoms with E-state index in [0.717, 1.165) is 46.7 Å². The molecule has 1 aromatic carbocycles. The highest BCUT2D eigenvalue weighted by atomic mass is 32.2. The number of halogens is 1. The summed E-state index contributed by atoms with van der Waals surface area (Å²) in [6, 6.07) is 7.18. The molecule has 4 aromatic rings. The molecular formula is C23H23FN6O2S. The van der Waals surface area contributed by atoms with Gasteiger partial charge >= 0.3 is 0 Å². The Morgan fingerprint density at radius 3 is 2.73 bits per heavy atom. The van der Waals surface area contributed by atoms with Gasteiger partial charge in [-0.3, -0.25) is 0 Å². The van der Waals surface area contributed by atoms with E-state index in [1.165, 1.54) is 12.5 Å². The highest BCUT2D eigenvalue weighted by molar-refractivity contribution is 7.89. The van der Waals surface area contributed by atoms with Crippen molar-refractivity contribution in [1.29, 1.82) is 0 Å². The van der Waals surface area contributed by atoms with Crippen LogP contribution in [0.2, 0.25) is 0 Å². The predicted molar refractivity (Wildman–Crippen MR) is 126 cm³/mol. The summed E-state index contributed by atoms with van der Waals surface area (Å²) in [6.07, 6.45) is 6.91. The molecule has 2 N–H and O–H groups in total. The molecule has 0 fully saturated rings. The first kappa shape index (κ1) is 21.3. The number of benzene rings is 1. The minimum atomic E-state index is -3.08. The molecule has 0 bridgehead atoms. The molecule has 0 amide bonds. The van der Waals surface area contributed by atoms with Crippen LogP contribution in [0.4, 0.5) is 21.7 Å². The molecule has 1 aliphatic heterocycles. The van der Waals surface area contributed by atoms with Crippen molar-refractivity contribution < 1.29 is 12.8 Å². The third-order valence-electron chi connectivity index (χ3n) is 5.81. The third kappa shape index (κ3) is 4.38. The Morgan fingerprint density at radius 2 is 1.97 bits per heavy atom. The van der Waals surface area contributed by atoms with E-state index in [2.05, 4.69) is 25.2 Å². The lowest BCUT2D eigenvalue weighted by Crippen LogP contribution is -2.32. The maximum absolute atomic E-state index is 13.9. The molecule has 1 aliphatic rings. The number of anilines is 3. The van der Waals surface area contributed by atoms with Gasteiger partial charge in [0.15, 0.2) is 15.7 Å². The van der Waals surface area contributed by atoms with Crippen LogP contribution in [0.15, 0.2) is 42.9 Å². The zero-order valence-corrected chi connectivity index (χ0v) is 19.1. The Hall–Kier alpha value is -3.53. The first-order valence-electron chi connectivity index (χ1n) is 10.5. The smallest absolute Gasteiger partial charge is 0.227 e. The van der Waals surface area contributed by atoms with E-state index in [0.29, 0.717) is 23.5 Å². The van der Waals surface area contributed by atoms with Gasteiger partial charge in [0.25, 0.3) is 0 Å². The Balaban J connectivity index is 1.35. The van der Waals surface area contributed by atoms with Gasteiger partial charge in [-0.25, -0.2) is 27.8 Å². The van der Waals surface area contributed by atoms with Gasteiger partial charge in [0.1, 0.15) is 5.52 Å². The van der Waals surface area contributed by atoms with Crippen molar-refractivity contribution in [2.75, 3.05) is 23.0 Å². The summed E-state index contributed by atoms with van der Waals surface area (Å²) in [5.74, 6) is 0.132. The number of aryl methyl sites for hydroxylation is 1. The van der Waals surface area contributed by atoms with Crippen LogP contribution in [0.1, 0.15) is 22.4 Å². The Labute approximate surface area is 190 Å². The number of nitrogens with zero attached hydrogens (tertiary/aromatic N) is 4. The number of aromatic amines is 1. The van der Waals surface area contributed by atoms with E-state index in [1.54, 1.807) is 18.3 Å². The average molecular weight is 467 g/mol. The van der Waals surface area contributed by atoms with Gasteiger partial charge in [0.05, 0.1) is 35.4 Å². The lowest BCUT2D eigenvalue weighted by atomic mass is 10.1. The molecule has 0 saturated carbocycles. The largest absolute Gasteiger partial charge is 0.364 e. The second kappa shape index (κ2) is 8.11. The average Bonchev–Trinajstić information content (AvgIpc) is 3.15. The zero-order valence-electron chi connectivity index (χ0n) is 18.3. The van der Waals surface area contributed by atoms with Crippen LogP contribution in [0.5, 0.6) is 0 Å². The lowest BCUT2D eigenvalue weighted by molar-refractivity contribution is 0.601. The number of hydrogen-bond donors (Lipinski definition) is 2. The van der Waals surface area contributed by atoms with Gasteiger partial charge in [0, 0.05) is 30.9 Å². The molecule has 0 radical (unpaired) electrons. The lowest BCUT2D eigenvalue weighted by Gasteiger charge is -2.31. The number of H-pyrrole nitrogens is 1. The van der Waals surface area contributed by atoms with Crippen LogP contribution in [-0.4, -0.2) is 41.2 Å². The van der Waals surface area contributed by atoms with Crippen molar-refractivity contribution >= 4 is 38.2 Å². The molecular weight excluding hydrogens is 443 g/mol. The van der Waals surface area contributed by atoms with Gasteiger partial charge in [0.2, 0.25) is 5.95 Å². The molecule has 33 heavy (non-hydrogen) atoms. The summed E-state index contributed by atoms with van der Waals surface area (Å²) in [7, 11) is -3.08. The van der Waals surface area contributed by atoms with E-state index < -0.39 is 9.84 Å². The highest BCUT2D eigenvalue weighted by Gasteiger charge is 2.22. The molecule has 0 saturated heterocycles. The molecule has 0 unspecified atom stereocenters. The minimum Gasteiger partial charge on any atom is -0.364 e. The first-order valence-corrected chi connectivity index (χ1v) is 12.6. The standard InChI is InChI=1S/C23H23FN6O2S/c1-14-20(11-26-22-18(24)10-25-21(14)22)30-8-7-16-9-27-23(29-19(16)12-30)28-17-5-3-15(4-6-17)13-33(2,31)32/h3-6,9-11,25H,7-8,12-13H2,1-2H3,(H,27,28,29). The van der Waals surface area contributed by atoms with Crippen molar-refractivity contribution in [3.8, 4) is 0 Å². The summed E-state index contributed by atoms with van der Waals surface area (Å²) in [5.41, 5.74) is 6.48. The fourth-order valence-electron chi connectivity index (χ4n) is 4.16. The second-order valence-electron chi connectivity index (χ2n) is 8.36. The van der Waals surface area contributed by atoms with Crippen molar-refractivity contribution in [1.82, 2.24) is 19.9 Å². The zero-order chi connectivity index (χ0) is 23.2. The summed E-state index contributed by atoms with van der Waals surface area (Å²) in [6.45, 7) is 3.35. The van der Waals surface area contributed by atoms with Crippen LogP contribution in [0, 0.1) is 12.7 Å². The Kier molecular flexibility index (Phi) is 5.24. The molecule has 0 aliphatic carbocycles. The number of pyridine rings is 1. The van der Waals surface area contributed by atoms with E-state index >= 15 is 0 Å². The fourth-order valence-corrected chi connectivity index (χ4v) is 4.96. The van der Waals surface area contributed by atoms with Crippen molar-refractivity contribution in [3.05, 3.63) is 71.1 Å². The Bertz CT molecular complexity index is 1450. The monoisotopic (exact) mass is 466 g/mol. The van der Waals surface area contributed by atoms with Crippen molar-refractivity contribution in [2.45, 2.75) is 25.6 Å². The van der Waals surface area contributed by atoms with E-state index in [4.69, 9.17) is 4.98 Å². The number of fused-ring (bicyclic) bond motifs is 2. The van der Waals surface area contributed by atoms with Gasteiger partial charge in [-0.05, 0) is 42.2 Å². The first-order chi connectivity index (χ1) is 15.8. The van der Waals surface area contributed by atoms with Gasteiger partial charge < -0.3 is 15.2 Å². The molecule has 0 spiro atoms. The fraction of sp³-hybridized carbons (Fsp3) is 0.261. The van der Waals surface area contributed by atoms with Crippen LogP contribution in [-0.2, 0) is 28.6 Å². The number of aromatic nitrogens is 4. The van der Waals surface area contributed by atoms with Crippen LogP contribution < -0.4 is 10.2 Å². The number of rotatable bonds is 5. The number of hydrogen-bond acceptors (Lipinski definition) is 7. The Morgan fingerprint density at radius 1 is 1.18 bits per heavy atom. The maximum Gasteiger partial charge on any atom is 0.227 e. The van der Waals surface area contributed by atoms with Crippen LogP contribution in [0.25, 0.3) is 11.0 Å². The molecule has 3 aromatic heterocycles. The third-order valence-corrected chi connectivity index (χ3v) is 6.66. The van der Waals surface area contributed by atoms with E-state index in [1.807, 2.05) is 25.3 Å². The highest BCUT2D eigenvalue weighted by Crippen LogP contribution is 2.30. The van der Waals surface area contributed by atoms with E-state index in [9.17, 15) is 12.8 Å². The SMILES string of the molecule is Cc1c(N2CCc3cnc(Nc4ccc(CS(C)(=O)=O)cc4)nc3C2)cnc2c(F)c[nH]c12. The number of nitrogens with one attached hydrogen (secondary N) is 2. The van der Waals surface area contributed by atoms with Crippen LogP contribution >= 0.6 is 0 Å². The molecule has 10 heteroatoms. The second-order valence-corrected chi connectivity index (χ2v) is 10.5. The normalized spacial score (nSPS) is 13.8. The van der Waals surface area contributed by atoms with Gasteiger partial charge in [-0.1, -0.05) is 12.1 Å². The van der Waals surface area contributed by atoms with Gasteiger partial charge in [-0.15, -0.1) is 0 Å². The van der Waals surface area contributed by atoms with E-state index in [-0.39, 0.29) is 11.6 Å². The molecule has 5 rings (SSSR count). The van der Waals surface area contributed by atoms with Crippen molar-refractivity contribution in [3.63, 3.8) is 0 Å². The maximum atomic E-state index is 13.9. The summed E-state index contributed by atoms with van der Waals surface area (Å²) in [5, 5.41) is 3.19. The summed E-state index contributed by atoms with van der Waals surface area (Å²) < 4.78 is 36.8. The number of sulfone groups is 1. The van der Waals surface area contributed by atoms with Gasteiger partial charge in [-0.2, -0.15) is 0 Å². The molecule has 170 valence electrons. The van der Waals surface area contributed by atoms with Crippen LogP contribution in [0.3, 0.4) is 0 Å². The minimum absolute atomic E-state index is 0.00759. The molecule has 0 atom stereocenters. The molecule has 8 nitrogen and oxygen atoms in total. The predicted octanol–water partition coefficient (Wildman–Crippen LogP) is 3.65. The quantitative estimate of drug-likeness (QED) is 0.463. The summed E-state index contributed by atoms with van der Waals surface area (Å²) in [4.78, 5) is 18.6.